The molecule has 3 N–H and O–H groups in total. The summed E-state index contributed by atoms with van der Waals surface area (Å²) in [4.78, 5) is 21.5. The van der Waals surface area contributed by atoms with Crippen LogP contribution in [0.2, 0.25) is 0 Å². The van der Waals surface area contributed by atoms with Crippen molar-refractivity contribution in [2.75, 3.05) is 18.9 Å². The van der Waals surface area contributed by atoms with Crippen molar-refractivity contribution < 1.29 is 9.72 Å². The first-order valence-electron chi connectivity index (χ1n) is 5.49. The van der Waals surface area contributed by atoms with Crippen LogP contribution >= 0.6 is 0 Å². The molecule has 0 heterocycles. The average molecular weight is 252 g/mol. The molecule has 7 nitrogen and oxygen atoms in total. The van der Waals surface area contributed by atoms with Crippen molar-refractivity contribution in [2.24, 2.45) is 0 Å². The number of anilines is 1. The third-order valence-corrected chi connectivity index (χ3v) is 2.38. The van der Waals surface area contributed by atoms with Crippen LogP contribution in [0.4, 0.5) is 16.2 Å². The van der Waals surface area contributed by atoms with E-state index in [9.17, 15) is 14.9 Å². The van der Waals surface area contributed by atoms with Gasteiger partial charge in [-0.15, -0.1) is 0 Å². The van der Waals surface area contributed by atoms with Gasteiger partial charge in [0.25, 0.3) is 5.69 Å². The van der Waals surface area contributed by atoms with Gasteiger partial charge in [0.1, 0.15) is 0 Å². The van der Waals surface area contributed by atoms with Crippen molar-refractivity contribution in [3.63, 3.8) is 0 Å². The van der Waals surface area contributed by atoms with Gasteiger partial charge in [0.2, 0.25) is 0 Å². The van der Waals surface area contributed by atoms with E-state index in [4.69, 9.17) is 0 Å². The molecule has 0 saturated heterocycles. The Balaban J connectivity index is 2.54. The van der Waals surface area contributed by atoms with Crippen LogP contribution in [0.25, 0.3) is 0 Å². The van der Waals surface area contributed by atoms with Gasteiger partial charge in [0.05, 0.1) is 4.92 Å². The molecule has 18 heavy (non-hydrogen) atoms. The number of nitro benzene ring substituents is 1. The minimum Gasteiger partial charge on any atom is -0.336 e. The zero-order valence-electron chi connectivity index (χ0n) is 10.3. The van der Waals surface area contributed by atoms with E-state index in [0.29, 0.717) is 12.2 Å². The van der Waals surface area contributed by atoms with Gasteiger partial charge in [-0.1, -0.05) is 6.07 Å². The monoisotopic (exact) mass is 252 g/mol. The van der Waals surface area contributed by atoms with Crippen molar-refractivity contribution in [2.45, 2.75) is 13.0 Å². The molecule has 1 rings (SSSR count). The Bertz CT molecular complexity index is 436. The number of nitrogens with one attached hydrogen (secondary N) is 3. The molecule has 1 atom stereocenters. The lowest BCUT2D eigenvalue weighted by atomic mass is 10.3. The van der Waals surface area contributed by atoms with Gasteiger partial charge in [-0.05, 0) is 20.0 Å². The maximum atomic E-state index is 11.5. The van der Waals surface area contributed by atoms with E-state index in [1.54, 1.807) is 13.1 Å². The number of carbonyl (C=O) groups is 1. The standard InChI is InChI=1S/C11H16N4O3/c1-8(12-2)7-13-11(16)14-9-4-3-5-10(6-9)15(17)18/h3-6,8,12H,7H2,1-2H3,(H2,13,14,16). The molecule has 0 radical (unpaired) electrons. The number of nitro groups is 1. The Hall–Kier alpha value is -2.15. The van der Waals surface area contributed by atoms with Gasteiger partial charge in [-0.25, -0.2) is 4.79 Å². The van der Waals surface area contributed by atoms with E-state index < -0.39 is 11.0 Å². The molecule has 0 aliphatic rings. The molecular weight excluding hydrogens is 236 g/mol. The number of carbonyl (C=O) groups excluding carboxylic acids is 1. The highest BCUT2D eigenvalue weighted by molar-refractivity contribution is 5.89. The number of benzene rings is 1. The van der Waals surface area contributed by atoms with E-state index in [2.05, 4.69) is 16.0 Å². The number of hydrogen-bond acceptors (Lipinski definition) is 4. The summed E-state index contributed by atoms with van der Waals surface area (Å²) >= 11 is 0. The third kappa shape index (κ3) is 4.38. The van der Waals surface area contributed by atoms with E-state index in [1.165, 1.54) is 18.2 Å². The minimum atomic E-state index is -0.508. The second-order valence-corrected chi connectivity index (χ2v) is 3.83. The van der Waals surface area contributed by atoms with Crippen molar-refractivity contribution in [1.29, 1.82) is 0 Å². The van der Waals surface area contributed by atoms with Gasteiger partial charge in [0.15, 0.2) is 0 Å². The summed E-state index contributed by atoms with van der Waals surface area (Å²) in [7, 11) is 1.80. The van der Waals surface area contributed by atoms with Crippen molar-refractivity contribution in [3.8, 4) is 0 Å². The SMILES string of the molecule is CNC(C)CNC(=O)Nc1cccc([N+](=O)[O-])c1. The van der Waals surface area contributed by atoms with Crippen LogP contribution in [-0.4, -0.2) is 30.6 Å². The summed E-state index contributed by atoms with van der Waals surface area (Å²) in [6, 6.07) is 5.55. The quantitative estimate of drug-likeness (QED) is 0.544. The molecule has 0 aliphatic heterocycles. The second-order valence-electron chi connectivity index (χ2n) is 3.83. The van der Waals surface area contributed by atoms with E-state index in [-0.39, 0.29) is 11.7 Å². The lowest BCUT2D eigenvalue weighted by molar-refractivity contribution is -0.384. The highest BCUT2D eigenvalue weighted by Crippen LogP contribution is 2.16. The predicted molar refractivity (Wildman–Crippen MR) is 68.6 cm³/mol. The predicted octanol–water partition coefficient (Wildman–Crippen LogP) is 1.32. The lowest BCUT2D eigenvalue weighted by Gasteiger charge is -2.12. The van der Waals surface area contributed by atoms with Crippen LogP contribution in [0, 0.1) is 10.1 Å². The van der Waals surface area contributed by atoms with Gasteiger partial charge in [-0.2, -0.15) is 0 Å². The first-order chi connectivity index (χ1) is 8.52. The number of hydrogen-bond donors (Lipinski definition) is 3. The zero-order chi connectivity index (χ0) is 13.5. The number of nitrogens with zero attached hydrogens (tertiary/aromatic N) is 1. The number of amides is 2. The second kappa shape index (κ2) is 6.55. The third-order valence-electron chi connectivity index (χ3n) is 2.38. The number of likely N-dealkylation sites (N-methyl/N-ethyl adjacent to an activating group) is 1. The zero-order valence-corrected chi connectivity index (χ0v) is 10.3. The molecule has 0 aliphatic carbocycles. The van der Waals surface area contributed by atoms with Gasteiger partial charge in [-0.3, -0.25) is 10.1 Å². The highest BCUT2D eigenvalue weighted by Gasteiger charge is 2.08. The molecule has 1 unspecified atom stereocenters. The number of rotatable bonds is 5. The Morgan fingerprint density at radius 3 is 2.83 bits per heavy atom. The Morgan fingerprint density at radius 1 is 1.50 bits per heavy atom. The summed E-state index contributed by atoms with van der Waals surface area (Å²) in [6.45, 7) is 2.39. The van der Waals surface area contributed by atoms with E-state index in [1.807, 2.05) is 6.92 Å². The largest absolute Gasteiger partial charge is 0.336 e. The van der Waals surface area contributed by atoms with Crippen LogP contribution in [0.1, 0.15) is 6.92 Å². The van der Waals surface area contributed by atoms with Crippen LogP contribution in [0.3, 0.4) is 0 Å². The van der Waals surface area contributed by atoms with Crippen LogP contribution in [0.5, 0.6) is 0 Å². The maximum Gasteiger partial charge on any atom is 0.319 e. The maximum absolute atomic E-state index is 11.5. The van der Waals surface area contributed by atoms with Gasteiger partial charge >= 0.3 is 6.03 Å². The molecule has 0 bridgehead atoms. The summed E-state index contributed by atoms with van der Waals surface area (Å²) in [5.41, 5.74) is 0.329. The molecule has 7 heteroatoms. The molecule has 98 valence electrons. The fraction of sp³-hybridized carbons (Fsp3) is 0.364. The molecule has 2 amide bonds. The van der Waals surface area contributed by atoms with Gasteiger partial charge < -0.3 is 16.0 Å². The van der Waals surface area contributed by atoms with Crippen molar-refractivity contribution in [3.05, 3.63) is 34.4 Å². The van der Waals surface area contributed by atoms with E-state index in [0.717, 1.165) is 0 Å². The Labute approximate surface area is 105 Å². The first kappa shape index (κ1) is 13.9. The average Bonchev–Trinajstić information content (AvgIpc) is 2.36. The van der Waals surface area contributed by atoms with Gasteiger partial charge in [0, 0.05) is 30.4 Å². The molecule has 0 saturated carbocycles. The lowest BCUT2D eigenvalue weighted by Crippen LogP contribution is -2.39. The topological polar surface area (TPSA) is 96.3 Å². The van der Waals surface area contributed by atoms with Crippen molar-refractivity contribution in [1.82, 2.24) is 10.6 Å². The van der Waals surface area contributed by atoms with E-state index >= 15 is 0 Å². The highest BCUT2D eigenvalue weighted by atomic mass is 16.6. The molecule has 1 aromatic rings. The fourth-order valence-electron chi connectivity index (χ4n) is 1.22. The summed E-state index contributed by atoms with van der Waals surface area (Å²) < 4.78 is 0. The normalized spacial score (nSPS) is 11.7. The number of urea groups is 1. The fourth-order valence-corrected chi connectivity index (χ4v) is 1.22. The number of non-ortho nitro benzene ring substituents is 1. The Morgan fingerprint density at radius 2 is 2.22 bits per heavy atom. The molecule has 0 aromatic heterocycles. The summed E-state index contributed by atoms with van der Waals surface area (Å²) in [5, 5.41) is 18.7. The molecule has 0 spiro atoms. The Kier molecular flexibility index (Phi) is 5.06. The molecule has 1 aromatic carbocycles. The first-order valence-corrected chi connectivity index (χ1v) is 5.49. The van der Waals surface area contributed by atoms with Crippen molar-refractivity contribution >= 4 is 17.4 Å². The smallest absolute Gasteiger partial charge is 0.319 e. The van der Waals surface area contributed by atoms with Crippen LogP contribution < -0.4 is 16.0 Å². The van der Waals surface area contributed by atoms with Crippen LogP contribution in [0.15, 0.2) is 24.3 Å². The van der Waals surface area contributed by atoms with Crippen LogP contribution in [-0.2, 0) is 0 Å². The summed E-state index contributed by atoms with van der Waals surface area (Å²) in [5.74, 6) is 0. The minimum absolute atomic E-state index is 0.0589. The summed E-state index contributed by atoms with van der Waals surface area (Å²) in [6.07, 6.45) is 0. The molecule has 0 fully saturated rings. The molecular formula is C11H16N4O3.